The molecular formula is C10H12O4. The summed E-state index contributed by atoms with van der Waals surface area (Å²) in [6, 6.07) is 0. The first-order valence-electron chi connectivity index (χ1n) is 3.97. The van der Waals surface area contributed by atoms with E-state index >= 15 is 0 Å². The lowest BCUT2D eigenvalue weighted by molar-refractivity contribution is -0.152. The van der Waals surface area contributed by atoms with Crippen molar-refractivity contribution in [1.82, 2.24) is 0 Å². The van der Waals surface area contributed by atoms with Crippen LogP contribution in [0.5, 0.6) is 0 Å². The second-order valence-electron chi connectivity index (χ2n) is 2.15. The Balaban J connectivity index is 3.73. The first kappa shape index (κ1) is 12.2. The van der Waals surface area contributed by atoms with Crippen molar-refractivity contribution in [3.8, 4) is 0 Å². The molecule has 0 aliphatic heterocycles. The normalized spacial score (nSPS) is 10.4. The summed E-state index contributed by atoms with van der Waals surface area (Å²) in [5.74, 6) is -1.25. The lowest BCUT2D eigenvalue weighted by Gasteiger charge is -1.98. The molecule has 14 heavy (non-hydrogen) atoms. The Morgan fingerprint density at radius 2 is 2.07 bits per heavy atom. The van der Waals surface area contributed by atoms with E-state index in [1.807, 2.05) is 6.92 Å². The van der Waals surface area contributed by atoms with Gasteiger partial charge in [0, 0.05) is 6.08 Å². The maximum absolute atomic E-state index is 10.9. The topological polar surface area (TPSA) is 52.6 Å². The van der Waals surface area contributed by atoms with Gasteiger partial charge < -0.3 is 9.47 Å². The molecule has 0 aliphatic carbocycles. The standard InChI is InChI=1S/C10H12O4/c1-3-5-6-7-9(11)14-8-10(12)13-4-2/h3-7H,2,8H2,1H3/b5-3+,7-6+. The molecule has 0 fully saturated rings. The van der Waals surface area contributed by atoms with E-state index in [2.05, 4.69) is 16.1 Å². The number of hydrogen-bond acceptors (Lipinski definition) is 4. The average molecular weight is 196 g/mol. The number of esters is 2. The zero-order valence-corrected chi connectivity index (χ0v) is 7.93. The van der Waals surface area contributed by atoms with E-state index in [1.54, 1.807) is 12.2 Å². The quantitative estimate of drug-likeness (QED) is 0.288. The molecule has 0 saturated carbocycles. The molecule has 0 rings (SSSR count). The average Bonchev–Trinajstić information content (AvgIpc) is 2.16. The summed E-state index contributed by atoms with van der Waals surface area (Å²) in [4.78, 5) is 21.5. The van der Waals surface area contributed by atoms with Crippen LogP contribution in [0.4, 0.5) is 0 Å². The van der Waals surface area contributed by atoms with Crippen molar-refractivity contribution in [1.29, 1.82) is 0 Å². The van der Waals surface area contributed by atoms with E-state index in [0.29, 0.717) is 0 Å². The molecule has 0 amide bonds. The number of hydrogen-bond donors (Lipinski definition) is 0. The van der Waals surface area contributed by atoms with Crippen LogP contribution in [-0.4, -0.2) is 18.5 Å². The van der Waals surface area contributed by atoms with Crippen molar-refractivity contribution in [2.24, 2.45) is 0 Å². The van der Waals surface area contributed by atoms with Gasteiger partial charge in [-0.15, -0.1) is 0 Å². The fourth-order valence-corrected chi connectivity index (χ4v) is 0.550. The Bertz CT molecular complexity index is 263. The van der Waals surface area contributed by atoms with Crippen molar-refractivity contribution in [3.05, 3.63) is 37.1 Å². The van der Waals surface area contributed by atoms with Crippen LogP contribution in [0.1, 0.15) is 6.92 Å². The minimum absolute atomic E-state index is 0.412. The first-order chi connectivity index (χ1) is 6.70. The Labute approximate surface area is 82.5 Å². The van der Waals surface area contributed by atoms with Gasteiger partial charge in [-0.05, 0) is 6.92 Å². The van der Waals surface area contributed by atoms with Gasteiger partial charge in [-0.3, -0.25) is 0 Å². The SMILES string of the molecule is C=COC(=O)COC(=O)/C=C/C=C/C. The zero-order chi connectivity index (χ0) is 10.8. The Morgan fingerprint density at radius 1 is 1.36 bits per heavy atom. The Morgan fingerprint density at radius 3 is 2.64 bits per heavy atom. The molecule has 4 nitrogen and oxygen atoms in total. The van der Waals surface area contributed by atoms with Crippen molar-refractivity contribution < 1.29 is 19.1 Å². The highest BCUT2D eigenvalue weighted by atomic mass is 16.6. The molecule has 4 heteroatoms. The molecule has 0 aromatic heterocycles. The highest BCUT2D eigenvalue weighted by molar-refractivity contribution is 5.84. The van der Waals surface area contributed by atoms with Crippen LogP contribution in [-0.2, 0) is 19.1 Å². The summed E-state index contributed by atoms with van der Waals surface area (Å²) in [7, 11) is 0. The van der Waals surface area contributed by atoms with E-state index in [9.17, 15) is 9.59 Å². The third-order valence-electron chi connectivity index (χ3n) is 1.08. The monoisotopic (exact) mass is 196 g/mol. The highest BCUT2D eigenvalue weighted by Crippen LogP contribution is 1.86. The highest BCUT2D eigenvalue weighted by Gasteiger charge is 2.03. The molecule has 0 spiro atoms. The molecule has 0 aromatic rings. The lowest BCUT2D eigenvalue weighted by Crippen LogP contribution is -2.12. The van der Waals surface area contributed by atoms with E-state index in [-0.39, 0.29) is 0 Å². The fourth-order valence-electron chi connectivity index (χ4n) is 0.550. The summed E-state index contributed by atoms with van der Waals surface area (Å²) in [5.41, 5.74) is 0. The summed E-state index contributed by atoms with van der Waals surface area (Å²) in [6.45, 7) is 4.59. The molecule has 0 radical (unpaired) electrons. The van der Waals surface area contributed by atoms with Crippen LogP contribution < -0.4 is 0 Å². The minimum atomic E-state index is -0.659. The van der Waals surface area contributed by atoms with Gasteiger partial charge >= 0.3 is 11.9 Å². The molecule has 0 heterocycles. The largest absolute Gasteiger partial charge is 0.450 e. The van der Waals surface area contributed by atoms with Gasteiger partial charge in [0.25, 0.3) is 0 Å². The smallest absolute Gasteiger partial charge is 0.349 e. The number of carbonyl (C=O) groups excluding carboxylic acids is 2. The van der Waals surface area contributed by atoms with Crippen molar-refractivity contribution in [2.75, 3.05) is 6.61 Å². The van der Waals surface area contributed by atoms with Crippen molar-refractivity contribution in [3.63, 3.8) is 0 Å². The van der Waals surface area contributed by atoms with Crippen molar-refractivity contribution in [2.45, 2.75) is 6.92 Å². The summed E-state index contributed by atoms with van der Waals surface area (Å²) in [6.07, 6.45) is 7.13. The second kappa shape index (κ2) is 7.79. The van der Waals surface area contributed by atoms with Crippen LogP contribution in [0.3, 0.4) is 0 Å². The second-order valence-corrected chi connectivity index (χ2v) is 2.15. The van der Waals surface area contributed by atoms with Gasteiger partial charge in [0.1, 0.15) is 0 Å². The van der Waals surface area contributed by atoms with E-state index in [4.69, 9.17) is 0 Å². The predicted octanol–water partition coefficient (Wildman–Crippen LogP) is 1.35. The van der Waals surface area contributed by atoms with Crippen LogP contribution >= 0.6 is 0 Å². The fraction of sp³-hybridized carbons (Fsp3) is 0.200. The molecule has 0 aliphatic rings. The predicted molar refractivity (Wildman–Crippen MR) is 51.2 cm³/mol. The number of carbonyl (C=O) groups is 2. The van der Waals surface area contributed by atoms with Crippen molar-refractivity contribution >= 4 is 11.9 Å². The van der Waals surface area contributed by atoms with E-state index in [1.165, 1.54) is 12.2 Å². The van der Waals surface area contributed by atoms with E-state index in [0.717, 1.165) is 6.26 Å². The molecule has 76 valence electrons. The number of rotatable bonds is 5. The number of allylic oxidation sites excluding steroid dienone is 3. The van der Waals surface area contributed by atoms with Gasteiger partial charge in [0.05, 0.1) is 6.26 Å². The lowest BCUT2D eigenvalue weighted by atomic mass is 10.4. The van der Waals surface area contributed by atoms with Crippen LogP contribution in [0.2, 0.25) is 0 Å². The Kier molecular flexibility index (Phi) is 6.77. The van der Waals surface area contributed by atoms with Gasteiger partial charge in [-0.2, -0.15) is 0 Å². The summed E-state index contributed by atoms with van der Waals surface area (Å²) in [5, 5.41) is 0. The molecule has 0 atom stereocenters. The van der Waals surface area contributed by atoms with Gasteiger partial charge in [0.2, 0.25) is 0 Å². The van der Waals surface area contributed by atoms with Crippen LogP contribution in [0.25, 0.3) is 0 Å². The minimum Gasteiger partial charge on any atom is -0.450 e. The van der Waals surface area contributed by atoms with Gasteiger partial charge in [-0.25, -0.2) is 9.59 Å². The van der Waals surface area contributed by atoms with Gasteiger partial charge in [0.15, 0.2) is 6.61 Å². The third-order valence-corrected chi connectivity index (χ3v) is 1.08. The Hall–Kier alpha value is -1.84. The first-order valence-corrected chi connectivity index (χ1v) is 3.97. The summed E-state index contributed by atoms with van der Waals surface area (Å²) < 4.78 is 8.85. The zero-order valence-electron chi connectivity index (χ0n) is 7.93. The van der Waals surface area contributed by atoms with E-state index < -0.39 is 18.5 Å². The molecule has 0 N–H and O–H groups in total. The molecule has 0 bridgehead atoms. The maximum atomic E-state index is 10.9. The number of ether oxygens (including phenoxy) is 2. The maximum Gasteiger partial charge on any atom is 0.349 e. The van der Waals surface area contributed by atoms with Gasteiger partial charge in [-0.1, -0.05) is 24.8 Å². The molecule has 0 unspecified atom stereocenters. The van der Waals surface area contributed by atoms with Crippen LogP contribution in [0, 0.1) is 0 Å². The molecule has 0 saturated heterocycles. The van der Waals surface area contributed by atoms with Crippen LogP contribution in [0.15, 0.2) is 37.1 Å². The molecule has 0 aromatic carbocycles. The third kappa shape index (κ3) is 6.84. The molecular weight excluding hydrogens is 184 g/mol. The summed E-state index contributed by atoms with van der Waals surface area (Å²) >= 11 is 0.